The highest BCUT2D eigenvalue weighted by molar-refractivity contribution is 9.10. The molecule has 0 aliphatic heterocycles. The molecule has 1 atom stereocenters. The molecule has 0 heterocycles. The van der Waals surface area contributed by atoms with Crippen molar-refractivity contribution in [2.24, 2.45) is 5.73 Å². The molecule has 4 N–H and O–H groups in total. The second-order valence-corrected chi connectivity index (χ2v) is 4.26. The summed E-state index contributed by atoms with van der Waals surface area (Å²) in [7, 11) is 1.29. The van der Waals surface area contributed by atoms with Crippen molar-refractivity contribution in [2.45, 2.75) is 12.0 Å². The van der Waals surface area contributed by atoms with Gasteiger partial charge in [0.25, 0.3) is 5.92 Å². The Morgan fingerprint density at radius 3 is 2.59 bits per heavy atom. The molecular formula is C10H12BrF2NO3. The van der Waals surface area contributed by atoms with Crippen molar-refractivity contribution in [2.75, 3.05) is 13.7 Å². The van der Waals surface area contributed by atoms with Crippen LogP contribution in [0, 0.1) is 0 Å². The highest BCUT2D eigenvalue weighted by Crippen LogP contribution is 2.42. The first-order valence-electron chi connectivity index (χ1n) is 4.64. The van der Waals surface area contributed by atoms with Gasteiger partial charge in [0.1, 0.15) is 12.6 Å². The Hall–Kier alpha value is -0.920. The maximum Gasteiger partial charge on any atom is 0.289 e. The number of aliphatic hydroxyl groups excluding tert-OH is 1. The van der Waals surface area contributed by atoms with Gasteiger partial charge in [0, 0.05) is 10.0 Å². The molecule has 17 heavy (non-hydrogen) atoms. The summed E-state index contributed by atoms with van der Waals surface area (Å²) in [6.45, 7) is -1.41. The SMILES string of the molecule is COc1ccc(Br)c([C@@H](N)C(F)(F)CO)c1O. The number of hydrogen-bond donors (Lipinski definition) is 3. The lowest BCUT2D eigenvalue weighted by atomic mass is 10.0. The molecule has 0 saturated carbocycles. The van der Waals surface area contributed by atoms with Gasteiger partial charge in [0.15, 0.2) is 11.5 Å². The van der Waals surface area contributed by atoms with Gasteiger partial charge in [0.05, 0.1) is 7.11 Å². The molecule has 1 aromatic carbocycles. The Balaban J connectivity index is 3.30. The lowest BCUT2D eigenvalue weighted by Crippen LogP contribution is -2.36. The van der Waals surface area contributed by atoms with Crippen molar-refractivity contribution in [3.63, 3.8) is 0 Å². The minimum Gasteiger partial charge on any atom is -0.504 e. The molecular weight excluding hydrogens is 300 g/mol. The smallest absolute Gasteiger partial charge is 0.289 e. The number of hydrogen-bond acceptors (Lipinski definition) is 4. The van der Waals surface area contributed by atoms with E-state index in [1.165, 1.54) is 19.2 Å². The highest BCUT2D eigenvalue weighted by Gasteiger charge is 2.40. The maximum atomic E-state index is 13.3. The van der Waals surface area contributed by atoms with E-state index in [1.807, 2.05) is 0 Å². The quantitative estimate of drug-likeness (QED) is 0.792. The first kappa shape index (κ1) is 14.1. The van der Waals surface area contributed by atoms with Crippen LogP contribution in [-0.4, -0.2) is 29.9 Å². The summed E-state index contributed by atoms with van der Waals surface area (Å²) < 4.78 is 31.6. The number of halogens is 3. The van der Waals surface area contributed by atoms with Crippen LogP contribution >= 0.6 is 15.9 Å². The lowest BCUT2D eigenvalue weighted by Gasteiger charge is -2.24. The summed E-state index contributed by atoms with van der Waals surface area (Å²) in [4.78, 5) is 0. The van der Waals surface area contributed by atoms with Crippen LogP contribution in [0.4, 0.5) is 8.78 Å². The number of phenols is 1. The first-order chi connectivity index (χ1) is 7.85. The van der Waals surface area contributed by atoms with Crippen molar-refractivity contribution < 1.29 is 23.7 Å². The zero-order valence-electron chi connectivity index (χ0n) is 8.95. The Morgan fingerprint density at radius 1 is 1.53 bits per heavy atom. The number of alkyl halides is 2. The van der Waals surface area contributed by atoms with Crippen LogP contribution in [-0.2, 0) is 0 Å². The van der Waals surface area contributed by atoms with Crippen molar-refractivity contribution in [1.82, 2.24) is 0 Å². The van der Waals surface area contributed by atoms with Crippen molar-refractivity contribution >= 4 is 15.9 Å². The van der Waals surface area contributed by atoms with Crippen LogP contribution in [0.2, 0.25) is 0 Å². The molecule has 0 aliphatic rings. The summed E-state index contributed by atoms with van der Waals surface area (Å²) in [6, 6.07) is 1.01. The van der Waals surface area contributed by atoms with Crippen molar-refractivity contribution in [1.29, 1.82) is 0 Å². The van der Waals surface area contributed by atoms with Crippen LogP contribution in [0.15, 0.2) is 16.6 Å². The molecule has 96 valence electrons. The molecule has 1 rings (SSSR count). The summed E-state index contributed by atoms with van der Waals surface area (Å²) >= 11 is 3.02. The van der Waals surface area contributed by atoms with Crippen LogP contribution < -0.4 is 10.5 Å². The third-order valence-electron chi connectivity index (χ3n) is 2.32. The van der Waals surface area contributed by atoms with Gasteiger partial charge >= 0.3 is 0 Å². The molecule has 1 aromatic rings. The van der Waals surface area contributed by atoms with E-state index in [4.69, 9.17) is 15.6 Å². The van der Waals surface area contributed by atoms with E-state index in [1.54, 1.807) is 0 Å². The molecule has 0 amide bonds. The highest BCUT2D eigenvalue weighted by atomic mass is 79.9. The van der Waals surface area contributed by atoms with E-state index >= 15 is 0 Å². The van der Waals surface area contributed by atoms with Gasteiger partial charge in [-0.05, 0) is 12.1 Å². The molecule has 0 fully saturated rings. The molecule has 7 heteroatoms. The number of ether oxygens (including phenoxy) is 1. The zero-order chi connectivity index (χ0) is 13.2. The van der Waals surface area contributed by atoms with Crippen molar-refractivity contribution in [3.8, 4) is 11.5 Å². The average Bonchev–Trinajstić information content (AvgIpc) is 2.29. The van der Waals surface area contributed by atoms with Gasteiger partial charge in [-0.2, -0.15) is 0 Å². The summed E-state index contributed by atoms with van der Waals surface area (Å²) in [5, 5.41) is 18.3. The third kappa shape index (κ3) is 2.67. The minimum atomic E-state index is -3.54. The van der Waals surface area contributed by atoms with Gasteiger partial charge in [0.2, 0.25) is 0 Å². The maximum absolute atomic E-state index is 13.3. The number of methoxy groups -OCH3 is 1. The van der Waals surface area contributed by atoms with E-state index in [0.29, 0.717) is 0 Å². The zero-order valence-corrected chi connectivity index (χ0v) is 10.5. The summed E-state index contributed by atoms with van der Waals surface area (Å²) in [5.74, 6) is -3.97. The fourth-order valence-electron chi connectivity index (χ4n) is 1.33. The van der Waals surface area contributed by atoms with Gasteiger partial charge in [-0.25, -0.2) is 8.78 Å². The van der Waals surface area contributed by atoms with E-state index < -0.39 is 24.3 Å². The van der Waals surface area contributed by atoms with Gasteiger partial charge < -0.3 is 20.7 Å². The third-order valence-corrected chi connectivity index (χ3v) is 3.02. The Morgan fingerprint density at radius 2 is 2.12 bits per heavy atom. The largest absolute Gasteiger partial charge is 0.504 e. The van der Waals surface area contributed by atoms with Crippen LogP contribution in [0.25, 0.3) is 0 Å². The van der Waals surface area contributed by atoms with E-state index in [2.05, 4.69) is 15.9 Å². The van der Waals surface area contributed by atoms with E-state index in [-0.39, 0.29) is 15.8 Å². The Kier molecular flexibility index (Phi) is 4.29. The van der Waals surface area contributed by atoms with Gasteiger partial charge in [-0.15, -0.1) is 0 Å². The fourth-order valence-corrected chi connectivity index (χ4v) is 1.90. The number of phenolic OH excluding ortho intramolecular Hbond substituents is 1. The summed E-state index contributed by atoms with van der Waals surface area (Å²) in [6.07, 6.45) is 0. The predicted octanol–water partition coefficient (Wildman–Crippen LogP) is 1.79. The standard InChI is InChI=1S/C10H12BrF2NO3/c1-17-6-3-2-5(11)7(8(6)16)9(14)10(12,13)4-15/h2-3,9,15-16H,4,14H2,1H3/t9-/m1/s1. The average molecular weight is 312 g/mol. The molecule has 0 unspecified atom stereocenters. The number of aliphatic hydroxyl groups is 1. The lowest BCUT2D eigenvalue weighted by molar-refractivity contribution is -0.0717. The Bertz CT molecular complexity index is 415. The molecule has 0 aliphatic carbocycles. The second kappa shape index (κ2) is 5.16. The number of nitrogens with two attached hydrogens (primary N) is 1. The van der Waals surface area contributed by atoms with E-state index in [9.17, 15) is 13.9 Å². The molecule has 4 nitrogen and oxygen atoms in total. The second-order valence-electron chi connectivity index (χ2n) is 3.41. The predicted molar refractivity (Wildman–Crippen MR) is 61.3 cm³/mol. The first-order valence-corrected chi connectivity index (χ1v) is 5.44. The Labute approximate surface area is 105 Å². The van der Waals surface area contributed by atoms with Crippen LogP contribution in [0.3, 0.4) is 0 Å². The number of aromatic hydroxyl groups is 1. The summed E-state index contributed by atoms with van der Waals surface area (Å²) in [5.41, 5.74) is 5.15. The molecule has 0 spiro atoms. The number of rotatable bonds is 4. The van der Waals surface area contributed by atoms with E-state index in [0.717, 1.165) is 0 Å². The van der Waals surface area contributed by atoms with Crippen molar-refractivity contribution in [3.05, 3.63) is 22.2 Å². The number of benzene rings is 1. The topological polar surface area (TPSA) is 75.7 Å². The monoisotopic (exact) mass is 311 g/mol. The molecule has 0 saturated heterocycles. The van der Waals surface area contributed by atoms with Crippen LogP contribution in [0.1, 0.15) is 11.6 Å². The molecule has 0 aromatic heterocycles. The van der Waals surface area contributed by atoms with Crippen LogP contribution in [0.5, 0.6) is 11.5 Å². The minimum absolute atomic E-state index is 0.0346. The molecule has 0 radical (unpaired) electrons. The van der Waals surface area contributed by atoms with Gasteiger partial charge in [-0.3, -0.25) is 0 Å². The fraction of sp³-hybridized carbons (Fsp3) is 0.400. The molecule has 0 bridgehead atoms. The normalized spacial score (nSPS) is 13.5. The van der Waals surface area contributed by atoms with Gasteiger partial charge in [-0.1, -0.05) is 15.9 Å².